The van der Waals surface area contributed by atoms with Crippen molar-refractivity contribution in [1.82, 2.24) is 0 Å². The quantitative estimate of drug-likeness (QED) is 0.775. The Balaban J connectivity index is 2.42. The summed E-state index contributed by atoms with van der Waals surface area (Å²) < 4.78 is 17.2. The number of hydrogen-bond donors (Lipinski definition) is 1. The summed E-state index contributed by atoms with van der Waals surface area (Å²) in [6, 6.07) is 0. The molecule has 0 aromatic heterocycles. The van der Waals surface area contributed by atoms with Crippen molar-refractivity contribution in [3.63, 3.8) is 0 Å². The van der Waals surface area contributed by atoms with Crippen LogP contribution in [0.2, 0.25) is 0 Å². The van der Waals surface area contributed by atoms with Crippen molar-refractivity contribution in [1.29, 1.82) is 0 Å². The number of carboxylic acids is 1. The van der Waals surface area contributed by atoms with Crippen LogP contribution in [-0.4, -0.2) is 39.0 Å². The molecule has 1 aliphatic rings. The first kappa shape index (κ1) is 12.6. The Hall–Kier alpha value is -0.420. The molecule has 3 atom stereocenters. The molecule has 0 bridgehead atoms. The number of aliphatic carboxylic acids is 1. The Labute approximate surface area is 92.5 Å². The van der Waals surface area contributed by atoms with Crippen LogP contribution in [-0.2, 0) is 20.3 Å². The molecule has 1 saturated heterocycles. The maximum absolute atomic E-state index is 11.7. The molecule has 1 N–H and O–H groups in total. The van der Waals surface area contributed by atoms with Crippen molar-refractivity contribution in [3.05, 3.63) is 0 Å². The van der Waals surface area contributed by atoms with E-state index in [0.717, 1.165) is 19.3 Å². The maximum atomic E-state index is 11.7. The van der Waals surface area contributed by atoms with Gasteiger partial charge in [-0.3, -0.25) is 9.00 Å². The maximum Gasteiger partial charge on any atom is 0.319 e. The Bertz CT molecular complexity index is 236. The van der Waals surface area contributed by atoms with Gasteiger partial charge in [-0.05, 0) is 25.7 Å². The standard InChI is InChI=1S/C10H18O4S/c1-2-9(10(11)12)15(13)7-8-5-3-4-6-14-8/h8-9H,2-7H2,1H3,(H,11,12). The van der Waals surface area contributed by atoms with E-state index in [2.05, 4.69) is 0 Å². The highest BCUT2D eigenvalue weighted by Crippen LogP contribution is 2.15. The fraction of sp³-hybridized carbons (Fsp3) is 0.900. The van der Waals surface area contributed by atoms with Gasteiger partial charge < -0.3 is 9.84 Å². The van der Waals surface area contributed by atoms with Gasteiger partial charge in [0.1, 0.15) is 5.25 Å². The summed E-state index contributed by atoms with van der Waals surface area (Å²) in [6.07, 6.45) is 3.45. The van der Waals surface area contributed by atoms with Crippen molar-refractivity contribution < 1.29 is 18.8 Å². The van der Waals surface area contributed by atoms with Crippen LogP contribution in [0.15, 0.2) is 0 Å². The monoisotopic (exact) mass is 234 g/mol. The highest BCUT2D eigenvalue weighted by atomic mass is 32.2. The highest BCUT2D eigenvalue weighted by molar-refractivity contribution is 7.86. The lowest BCUT2D eigenvalue weighted by atomic mass is 10.1. The predicted octanol–water partition coefficient (Wildman–Crippen LogP) is 1.17. The molecule has 1 aliphatic heterocycles. The zero-order valence-corrected chi connectivity index (χ0v) is 9.79. The molecule has 0 spiro atoms. The topological polar surface area (TPSA) is 63.6 Å². The third kappa shape index (κ3) is 3.91. The summed E-state index contributed by atoms with van der Waals surface area (Å²) in [5, 5.41) is 8.10. The molecular formula is C10H18O4S. The smallest absolute Gasteiger partial charge is 0.319 e. The van der Waals surface area contributed by atoms with Crippen molar-refractivity contribution in [2.45, 2.75) is 44.0 Å². The molecule has 0 aliphatic carbocycles. The fourth-order valence-corrected chi connectivity index (χ4v) is 3.17. The summed E-state index contributed by atoms with van der Waals surface area (Å²) in [5.41, 5.74) is 0. The third-order valence-electron chi connectivity index (χ3n) is 2.59. The minimum Gasteiger partial charge on any atom is -0.480 e. The van der Waals surface area contributed by atoms with Gasteiger partial charge in [-0.25, -0.2) is 0 Å². The van der Waals surface area contributed by atoms with Gasteiger partial charge in [0.2, 0.25) is 0 Å². The number of carbonyl (C=O) groups is 1. The fourth-order valence-electron chi connectivity index (χ4n) is 1.71. The molecule has 0 saturated carbocycles. The van der Waals surface area contributed by atoms with Gasteiger partial charge in [-0.2, -0.15) is 0 Å². The van der Waals surface area contributed by atoms with Gasteiger partial charge in [-0.15, -0.1) is 0 Å². The Morgan fingerprint density at radius 2 is 2.33 bits per heavy atom. The van der Waals surface area contributed by atoms with E-state index < -0.39 is 22.0 Å². The number of carboxylic acid groups (broad SMARTS) is 1. The van der Waals surface area contributed by atoms with Crippen molar-refractivity contribution in [3.8, 4) is 0 Å². The molecule has 0 amide bonds. The van der Waals surface area contributed by atoms with Crippen LogP contribution < -0.4 is 0 Å². The second-order valence-corrected chi connectivity index (χ2v) is 5.43. The second-order valence-electron chi connectivity index (χ2n) is 3.77. The summed E-state index contributed by atoms with van der Waals surface area (Å²) in [5.74, 6) is -0.600. The zero-order chi connectivity index (χ0) is 11.3. The van der Waals surface area contributed by atoms with E-state index in [1.165, 1.54) is 0 Å². The molecule has 4 nitrogen and oxygen atoms in total. The SMILES string of the molecule is CCC(C(=O)O)S(=O)CC1CCCCO1. The third-order valence-corrected chi connectivity index (χ3v) is 4.46. The lowest BCUT2D eigenvalue weighted by molar-refractivity contribution is -0.136. The van der Waals surface area contributed by atoms with Gasteiger partial charge in [0.05, 0.1) is 11.9 Å². The first-order valence-electron chi connectivity index (χ1n) is 5.36. The van der Waals surface area contributed by atoms with E-state index in [9.17, 15) is 9.00 Å². The molecule has 1 rings (SSSR count). The summed E-state index contributed by atoms with van der Waals surface area (Å²) in [7, 11) is -1.31. The minimum atomic E-state index is -1.31. The molecule has 0 aromatic carbocycles. The Kier molecular flexibility index (Phi) is 5.25. The van der Waals surface area contributed by atoms with E-state index in [4.69, 9.17) is 9.84 Å². The van der Waals surface area contributed by atoms with E-state index >= 15 is 0 Å². The predicted molar refractivity (Wildman–Crippen MR) is 58.3 cm³/mol. The lowest BCUT2D eigenvalue weighted by Gasteiger charge is -2.23. The minimum absolute atomic E-state index is 0.00650. The van der Waals surface area contributed by atoms with Crippen molar-refractivity contribution in [2.75, 3.05) is 12.4 Å². The molecule has 0 aromatic rings. The van der Waals surface area contributed by atoms with Crippen LogP contribution >= 0.6 is 0 Å². The van der Waals surface area contributed by atoms with Gasteiger partial charge in [0, 0.05) is 17.4 Å². The molecule has 1 heterocycles. The van der Waals surface area contributed by atoms with E-state index in [1.54, 1.807) is 6.92 Å². The Morgan fingerprint density at radius 3 is 2.80 bits per heavy atom. The average molecular weight is 234 g/mol. The van der Waals surface area contributed by atoms with Crippen LogP contribution in [0.1, 0.15) is 32.6 Å². The van der Waals surface area contributed by atoms with Crippen LogP contribution in [0.5, 0.6) is 0 Å². The largest absolute Gasteiger partial charge is 0.480 e. The first-order valence-corrected chi connectivity index (χ1v) is 6.75. The van der Waals surface area contributed by atoms with Crippen LogP contribution in [0.4, 0.5) is 0 Å². The molecule has 15 heavy (non-hydrogen) atoms. The van der Waals surface area contributed by atoms with Crippen LogP contribution in [0.25, 0.3) is 0 Å². The highest BCUT2D eigenvalue weighted by Gasteiger charge is 2.26. The molecular weight excluding hydrogens is 216 g/mol. The van der Waals surface area contributed by atoms with Crippen molar-refractivity contribution >= 4 is 16.8 Å². The molecule has 88 valence electrons. The van der Waals surface area contributed by atoms with E-state index in [0.29, 0.717) is 18.8 Å². The average Bonchev–Trinajstić information content (AvgIpc) is 2.19. The molecule has 1 fully saturated rings. The number of hydrogen-bond acceptors (Lipinski definition) is 3. The van der Waals surface area contributed by atoms with Crippen LogP contribution in [0.3, 0.4) is 0 Å². The normalized spacial score (nSPS) is 25.8. The summed E-state index contributed by atoms with van der Waals surface area (Å²) in [6.45, 7) is 2.46. The first-order chi connectivity index (χ1) is 7.15. The van der Waals surface area contributed by atoms with Crippen LogP contribution in [0, 0.1) is 0 Å². The lowest BCUT2D eigenvalue weighted by Crippen LogP contribution is -2.33. The van der Waals surface area contributed by atoms with Gasteiger partial charge >= 0.3 is 5.97 Å². The summed E-state index contributed by atoms with van der Waals surface area (Å²) in [4.78, 5) is 10.8. The van der Waals surface area contributed by atoms with Gasteiger partial charge in [0.15, 0.2) is 0 Å². The molecule has 5 heteroatoms. The van der Waals surface area contributed by atoms with Crippen molar-refractivity contribution in [2.24, 2.45) is 0 Å². The molecule has 3 unspecified atom stereocenters. The van der Waals surface area contributed by atoms with E-state index in [-0.39, 0.29) is 6.10 Å². The Morgan fingerprint density at radius 1 is 1.60 bits per heavy atom. The van der Waals surface area contributed by atoms with Gasteiger partial charge in [-0.1, -0.05) is 6.92 Å². The summed E-state index contributed by atoms with van der Waals surface area (Å²) >= 11 is 0. The number of rotatable bonds is 5. The zero-order valence-electron chi connectivity index (χ0n) is 8.98. The molecule has 0 radical (unpaired) electrons. The second kappa shape index (κ2) is 6.23. The number of ether oxygens (including phenoxy) is 1. The van der Waals surface area contributed by atoms with Gasteiger partial charge in [0.25, 0.3) is 0 Å². The van der Waals surface area contributed by atoms with E-state index in [1.807, 2.05) is 0 Å².